The Morgan fingerprint density at radius 1 is 1.00 bits per heavy atom. The largest absolute Gasteiger partial charge is 0.445 e. The van der Waals surface area contributed by atoms with E-state index in [1.165, 1.54) is 6.08 Å². The van der Waals surface area contributed by atoms with Crippen molar-refractivity contribution < 1.29 is 23.9 Å². The topological polar surface area (TPSA) is 106 Å². The Kier molecular flexibility index (Phi) is 12.7. The minimum atomic E-state index is -0.561. The van der Waals surface area contributed by atoms with Crippen LogP contribution in [0.1, 0.15) is 53.9 Å². The lowest BCUT2D eigenvalue weighted by Crippen LogP contribution is -2.38. The molecule has 0 aromatic heterocycles. The Balaban J connectivity index is 4.30. The van der Waals surface area contributed by atoms with Crippen LogP contribution in [-0.2, 0) is 14.3 Å². The fraction of sp³-hybridized carbons (Fsp3) is 0.750. The van der Waals surface area contributed by atoms with Crippen molar-refractivity contribution in [3.8, 4) is 0 Å². The van der Waals surface area contributed by atoms with Crippen LogP contribution in [0.4, 0.5) is 9.59 Å². The molecule has 0 aliphatic rings. The summed E-state index contributed by atoms with van der Waals surface area (Å²) < 4.78 is 10.0. The first kappa shape index (κ1) is 25.8. The molecule has 1 atom stereocenters. The molecule has 0 radical (unpaired) electrons. The maximum atomic E-state index is 12.2. The summed E-state index contributed by atoms with van der Waals surface area (Å²) in [6.45, 7) is 14.2. The molecule has 8 heteroatoms. The van der Waals surface area contributed by atoms with Gasteiger partial charge in [-0.2, -0.15) is 0 Å². The summed E-state index contributed by atoms with van der Waals surface area (Å²) in [5, 5.41) is 8.04. The number of carbonyl (C=O) groups excluding carboxylic acids is 3. The minimum Gasteiger partial charge on any atom is -0.445 e. The third kappa shape index (κ3) is 16.0. The molecule has 0 unspecified atom stereocenters. The molecule has 28 heavy (non-hydrogen) atoms. The number of nitrogens with one attached hydrogen (secondary N) is 3. The van der Waals surface area contributed by atoms with Gasteiger partial charge < -0.3 is 25.4 Å². The fourth-order valence-electron chi connectivity index (χ4n) is 2.27. The predicted octanol–water partition coefficient (Wildman–Crippen LogP) is 2.98. The van der Waals surface area contributed by atoms with Gasteiger partial charge in [0.25, 0.3) is 0 Å². The molecule has 0 saturated carbocycles. The van der Waals surface area contributed by atoms with Crippen molar-refractivity contribution >= 4 is 18.1 Å². The van der Waals surface area contributed by atoms with Gasteiger partial charge in [0.1, 0.15) is 12.2 Å². The summed E-state index contributed by atoms with van der Waals surface area (Å²) in [6.07, 6.45) is 2.53. The molecule has 0 aliphatic carbocycles. The summed E-state index contributed by atoms with van der Waals surface area (Å²) in [5.41, 5.74) is -0.561. The van der Waals surface area contributed by atoms with Gasteiger partial charge in [-0.3, -0.25) is 4.79 Å². The van der Waals surface area contributed by atoms with Crippen LogP contribution in [0.5, 0.6) is 0 Å². The van der Waals surface area contributed by atoms with Crippen molar-refractivity contribution in [3.63, 3.8) is 0 Å². The average Bonchev–Trinajstić information content (AvgIpc) is 2.57. The zero-order valence-electron chi connectivity index (χ0n) is 17.9. The molecular weight excluding hydrogens is 362 g/mol. The highest BCUT2D eigenvalue weighted by molar-refractivity contribution is 5.76. The molecule has 0 aromatic rings. The summed E-state index contributed by atoms with van der Waals surface area (Å²) >= 11 is 0. The first-order valence-electron chi connectivity index (χ1n) is 9.78. The number of hydrogen-bond acceptors (Lipinski definition) is 5. The Morgan fingerprint density at radius 3 is 2.21 bits per heavy atom. The quantitative estimate of drug-likeness (QED) is 0.346. The third-order valence-electron chi connectivity index (χ3n) is 3.61. The average molecular weight is 400 g/mol. The van der Waals surface area contributed by atoms with Crippen LogP contribution >= 0.6 is 0 Å². The number of ether oxygens (including phenoxy) is 2. The Bertz CT molecular complexity index is 501. The van der Waals surface area contributed by atoms with Crippen LogP contribution in [0.2, 0.25) is 0 Å². The van der Waals surface area contributed by atoms with E-state index >= 15 is 0 Å². The summed E-state index contributed by atoms with van der Waals surface area (Å²) in [6, 6.07) is 0. The molecule has 0 rings (SSSR count). The molecule has 8 nitrogen and oxygen atoms in total. The van der Waals surface area contributed by atoms with Crippen molar-refractivity contribution in [2.75, 3.05) is 26.2 Å². The molecule has 3 amide bonds. The summed E-state index contributed by atoms with van der Waals surface area (Å²) in [5.74, 6) is 0.402. The second kappa shape index (κ2) is 13.8. The molecule has 3 N–H and O–H groups in total. The van der Waals surface area contributed by atoms with Gasteiger partial charge in [0.2, 0.25) is 5.91 Å². The van der Waals surface area contributed by atoms with E-state index in [1.54, 1.807) is 20.8 Å². The van der Waals surface area contributed by atoms with Crippen LogP contribution in [0.3, 0.4) is 0 Å². The SMILES string of the molecule is C=CCOC(=O)NCCNC(=O)C[C@H](CCC(C)C)CNC(=O)OC(C)(C)C. The van der Waals surface area contributed by atoms with Crippen molar-refractivity contribution in [1.82, 2.24) is 16.0 Å². The highest BCUT2D eigenvalue weighted by Crippen LogP contribution is 2.15. The summed E-state index contributed by atoms with van der Waals surface area (Å²) in [4.78, 5) is 35.3. The van der Waals surface area contributed by atoms with E-state index in [-0.39, 0.29) is 25.0 Å². The third-order valence-corrected chi connectivity index (χ3v) is 3.61. The molecule has 0 fully saturated rings. The van der Waals surface area contributed by atoms with Crippen molar-refractivity contribution in [2.45, 2.75) is 59.5 Å². The van der Waals surface area contributed by atoms with E-state index in [0.717, 1.165) is 12.8 Å². The molecule has 0 aromatic carbocycles. The second-order valence-corrected chi connectivity index (χ2v) is 8.09. The molecule has 0 aliphatic heterocycles. The number of rotatable bonds is 12. The number of carbonyl (C=O) groups is 3. The molecule has 162 valence electrons. The zero-order chi connectivity index (χ0) is 21.6. The van der Waals surface area contributed by atoms with Crippen LogP contribution in [0.15, 0.2) is 12.7 Å². The lowest BCUT2D eigenvalue weighted by molar-refractivity contribution is -0.122. The molecular formula is C20H37N3O5. The molecule has 0 spiro atoms. The van der Waals surface area contributed by atoms with Gasteiger partial charge in [0.05, 0.1) is 0 Å². The maximum absolute atomic E-state index is 12.2. The Labute approximate surface area is 168 Å². The lowest BCUT2D eigenvalue weighted by atomic mass is 9.94. The van der Waals surface area contributed by atoms with Crippen molar-refractivity contribution in [3.05, 3.63) is 12.7 Å². The zero-order valence-corrected chi connectivity index (χ0v) is 17.9. The van der Waals surface area contributed by atoms with Crippen molar-refractivity contribution in [1.29, 1.82) is 0 Å². The number of amides is 3. The first-order valence-corrected chi connectivity index (χ1v) is 9.78. The Hall–Kier alpha value is -2.25. The van der Waals surface area contributed by atoms with Gasteiger partial charge in [-0.25, -0.2) is 9.59 Å². The highest BCUT2D eigenvalue weighted by Gasteiger charge is 2.19. The van der Waals surface area contributed by atoms with Gasteiger partial charge >= 0.3 is 12.2 Å². The van der Waals surface area contributed by atoms with E-state index in [1.807, 2.05) is 0 Å². The van der Waals surface area contributed by atoms with E-state index in [0.29, 0.717) is 25.4 Å². The number of hydrogen-bond donors (Lipinski definition) is 3. The summed E-state index contributed by atoms with van der Waals surface area (Å²) in [7, 11) is 0. The van der Waals surface area contributed by atoms with Crippen LogP contribution in [0, 0.1) is 11.8 Å². The van der Waals surface area contributed by atoms with Gasteiger partial charge in [-0.15, -0.1) is 0 Å². The lowest BCUT2D eigenvalue weighted by Gasteiger charge is -2.22. The highest BCUT2D eigenvalue weighted by atomic mass is 16.6. The van der Waals surface area contributed by atoms with E-state index in [2.05, 4.69) is 36.4 Å². The van der Waals surface area contributed by atoms with Crippen LogP contribution in [-0.4, -0.2) is 49.9 Å². The standard InChI is InChI=1S/C20H37N3O5/c1-7-12-27-18(25)22-11-10-21-17(24)13-16(9-8-15(2)3)14-23-19(26)28-20(4,5)6/h7,15-16H,1,8-14H2,2-6H3,(H,21,24)(H,22,25)(H,23,26)/t16-/m0/s1. The van der Waals surface area contributed by atoms with Gasteiger partial charge in [0, 0.05) is 26.1 Å². The van der Waals surface area contributed by atoms with E-state index in [9.17, 15) is 14.4 Å². The van der Waals surface area contributed by atoms with E-state index < -0.39 is 17.8 Å². The monoisotopic (exact) mass is 399 g/mol. The van der Waals surface area contributed by atoms with Gasteiger partial charge in [-0.05, 0) is 39.0 Å². The molecule has 0 heterocycles. The van der Waals surface area contributed by atoms with Crippen LogP contribution in [0.25, 0.3) is 0 Å². The molecule has 0 bridgehead atoms. The first-order chi connectivity index (χ1) is 13.0. The van der Waals surface area contributed by atoms with Crippen LogP contribution < -0.4 is 16.0 Å². The number of alkyl carbamates (subject to hydrolysis) is 2. The fourth-order valence-corrected chi connectivity index (χ4v) is 2.27. The predicted molar refractivity (Wildman–Crippen MR) is 109 cm³/mol. The van der Waals surface area contributed by atoms with Crippen molar-refractivity contribution in [2.24, 2.45) is 11.8 Å². The maximum Gasteiger partial charge on any atom is 0.407 e. The van der Waals surface area contributed by atoms with E-state index in [4.69, 9.17) is 9.47 Å². The smallest absolute Gasteiger partial charge is 0.407 e. The second-order valence-electron chi connectivity index (χ2n) is 8.09. The Morgan fingerprint density at radius 2 is 1.64 bits per heavy atom. The van der Waals surface area contributed by atoms with Gasteiger partial charge in [0.15, 0.2) is 0 Å². The minimum absolute atomic E-state index is 0.0143. The normalized spacial score (nSPS) is 12.1. The molecule has 0 saturated heterocycles. The van der Waals surface area contributed by atoms with Gasteiger partial charge in [-0.1, -0.05) is 32.9 Å².